The number of rotatable bonds is 4. The van der Waals surface area contributed by atoms with Crippen LogP contribution in [0, 0.1) is 0 Å². The molecule has 0 spiro atoms. The van der Waals surface area contributed by atoms with Crippen LogP contribution in [0.15, 0.2) is 18.2 Å². The molecule has 2 aliphatic rings. The second kappa shape index (κ2) is 7.67. The highest BCUT2D eigenvalue weighted by molar-refractivity contribution is 6.31. The SMILES string of the molecule is COc1ccc(CN2CCC(N3CCCCC3)CC2)c(Cl)c1. The van der Waals surface area contributed by atoms with Crippen molar-refractivity contribution < 1.29 is 4.74 Å². The summed E-state index contributed by atoms with van der Waals surface area (Å²) in [4.78, 5) is 5.26. The molecule has 0 saturated carbocycles. The Kier molecular flexibility index (Phi) is 5.61. The Morgan fingerprint density at radius 1 is 1.09 bits per heavy atom. The van der Waals surface area contributed by atoms with Crippen LogP contribution >= 0.6 is 11.6 Å². The van der Waals surface area contributed by atoms with E-state index in [9.17, 15) is 0 Å². The molecule has 2 aliphatic heterocycles. The number of methoxy groups -OCH3 is 1. The molecule has 4 heteroatoms. The molecule has 0 unspecified atom stereocenters. The fourth-order valence-electron chi connectivity index (χ4n) is 3.75. The number of benzene rings is 1. The summed E-state index contributed by atoms with van der Waals surface area (Å²) in [6.07, 6.45) is 6.80. The van der Waals surface area contributed by atoms with E-state index in [2.05, 4.69) is 15.9 Å². The molecule has 1 aromatic carbocycles. The van der Waals surface area contributed by atoms with Crippen LogP contribution < -0.4 is 4.74 Å². The minimum atomic E-state index is 0.808. The molecule has 0 amide bonds. The highest BCUT2D eigenvalue weighted by Crippen LogP contribution is 2.26. The third-order valence-electron chi connectivity index (χ3n) is 5.12. The molecule has 0 bridgehead atoms. The Balaban J connectivity index is 1.51. The Morgan fingerprint density at radius 2 is 1.82 bits per heavy atom. The van der Waals surface area contributed by atoms with Crippen molar-refractivity contribution in [1.82, 2.24) is 9.80 Å². The molecule has 0 aromatic heterocycles. The Hall–Kier alpha value is -0.770. The quantitative estimate of drug-likeness (QED) is 0.838. The molecule has 2 heterocycles. The van der Waals surface area contributed by atoms with Gasteiger partial charge in [0.1, 0.15) is 5.75 Å². The normalized spacial score (nSPS) is 21.9. The predicted octanol–water partition coefficient (Wildman–Crippen LogP) is 3.80. The van der Waals surface area contributed by atoms with Crippen molar-refractivity contribution in [2.24, 2.45) is 0 Å². The fraction of sp³-hybridized carbons (Fsp3) is 0.667. The maximum atomic E-state index is 6.36. The average Bonchev–Trinajstić information content (AvgIpc) is 2.58. The second-order valence-electron chi connectivity index (χ2n) is 6.56. The zero-order chi connectivity index (χ0) is 15.4. The molecule has 0 atom stereocenters. The van der Waals surface area contributed by atoms with E-state index in [0.717, 1.165) is 23.4 Å². The number of likely N-dealkylation sites (tertiary alicyclic amines) is 2. The fourth-order valence-corrected chi connectivity index (χ4v) is 3.98. The van der Waals surface area contributed by atoms with Crippen LogP contribution in [0.4, 0.5) is 0 Å². The topological polar surface area (TPSA) is 15.7 Å². The summed E-state index contributed by atoms with van der Waals surface area (Å²) in [7, 11) is 1.68. The van der Waals surface area contributed by atoms with Gasteiger partial charge in [-0.05, 0) is 69.6 Å². The van der Waals surface area contributed by atoms with E-state index < -0.39 is 0 Å². The average molecular weight is 323 g/mol. The minimum Gasteiger partial charge on any atom is -0.497 e. The van der Waals surface area contributed by atoms with Crippen LogP contribution in [0.25, 0.3) is 0 Å². The molecule has 22 heavy (non-hydrogen) atoms. The van der Waals surface area contributed by atoms with Crippen molar-refractivity contribution in [3.63, 3.8) is 0 Å². The standard InChI is InChI=1S/C18H27ClN2O/c1-22-17-6-5-15(18(19)13-17)14-20-11-7-16(8-12-20)21-9-3-2-4-10-21/h5-6,13,16H,2-4,7-12,14H2,1H3. The van der Waals surface area contributed by atoms with Crippen molar-refractivity contribution in [3.8, 4) is 5.75 Å². The van der Waals surface area contributed by atoms with Crippen molar-refractivity contribution in [2.45, 2.75) is 44.7 Å². The summed E-state index contributed by atoms with van der Waals surface area (Å²) in [5.41, 5.74) is 1.21. The van der Waals surface area contributed by atoms with Crippen molar-refractivity contribution in [1.29, 1.82) is 0 Å². The highest BCUT2D eigenvalue weighted by atomic mass is 35.5. The second-order valence-corrected chi connectivity index (χ2v) is 6.97. The minimum absolute atomic E-state index is 0.808. The lowest BCUT2D eigenvalue weighted by molar-refractivity contribution is 0.0896. The van der Waals surface area contributed by atoms with Crippen LogP contribution in [0.2, 0.25) is 5.02 Å². The molecule has 1 aromatic rings. The van der Waals surface area contributed by atoms with Crippen LogP contribution in [0.1, 0.15) is 37.7 Å². The van der Waals surface area contributed by atoms with Crippen LogP contribution in [0.5, 0.6) is 5.75 Å². The molecule has 0 aliphatic carbocycles. The van der Waals surface area contributed by atoms with Gasteiger partial charge in [-0.15, -0.1) is 0 Å². The maximum Gasteiger partial charge on any atom is 0.120 e. The predicted molar refractivity (Wildman–Crippen MR) is 91.7 cm³/mol. The zero-order valence-electron chi connectivity index (χ0n) is 13.6. The van der Waals surface area contributed by atoms with Gasteiger partial charge in [0, 0.05) is 17.6 Å². The monoisotopic (exact) mass is 322 g/mol. The highest BCUT2D eigenvalue weighted by Gasteiger charge is 2.25. The number of nitrogens with zero attached hydrogens (tertiary/aromatic N) is 2. The first-order valence-electron chi connectivity index (χ1n) is 8.55. The molecule has 0 N–H and O–H groups in total. The van der Waals surface area contributed by atoms with Gasteiger partial charge in [-0.1, -0.05) is 24.1 Å². The first-order valence-corrected chi connectivity index (χ1v) is 8.93. The molecule has 122 valence electrons. The molecule has 3 rings (SSSR count). The van der Waals surface area contributed by atoms with E-state index in [0.29, 0.717) is 0 Å². The van der Waals surface area contributed by atoms with E-state index in [4.69, 9.17) is 16.3 Å². The molecule has 0 radical (unpaired) electrons. The number of halogens is 1. The van der Waals surface area contributed by atoms with Gasteiger partial charge in [-0.25, -0.2) is 0 Å². The zero-order valence-corrected chi connectivity index (χ0v) is 14.3. The van der Waals surface area contributed by atoms with E-state index >= 15 is 0 Å². The summed E-state index contributed by atoms with van der Waals surface area (Å²) in [6, 6.07) is 6.82. The van der Waals surface area contributed by atoms with Crippen molar-refractivity contribution >= 4 is 11.6 Å². The van der Waals surface area contributed by atoms with E-state index in [1.165, 1.54) is 63.8 Å². The summed E-state index contributed by atoms with van der Waals surface area (Å²) in [5, 5.41) is 0.817. The summed E-state index contributed by atoms with van der Waals surface area (Å²) >= 11 is 6.36. The van der Waals surface area contributed by atoms with E-state index in [-0.39, 0.29) is 0 Å². The first-order chi connectivity index (χ1) is 10.8. The van der Waals surface area contributed by atoms with Gasteiger partial charge in [-0.3, -0.25) is 4.90 Å². The van der Waals surface area contributed by atoms with Crippen LogP contribution in [-0.2, 0) is 6.54 Å². The molecule has 2 fully saturated rings. The number of piperidine rings is 2. The third-order valence-corrected chi connectivity index (χ3v) is 5.47. The molecular weight excluding hydrogens is 296 g/mol. The largest absolute Gasteiger partial charge is 0.497 e. The lowest BCUT2D eigenvalue weighted by Crippen LogP contribution is -2.46. The molecular formula is C18H27ClN2O. The third kappa shape index (κ3) is 3.95. The Morgan fingerprint density at radius 3 is 2.45 bits per heavy atom. The number of hydrogen-bond donors (Lipinski definition) is 0. The van der Waals surface area contributed by atoms with Crippen molar-refractivity contribution in [2.75, 3.05) is 33.3 Å². The Labute approximate surface area is 139 Å². The van der Waals surface area contributed by atoms with Gasteiger partial charge in [-0.2, -0.15) is 0 Å². The number of hydrogen-bond acceptors (Lipinski definition) is 3. The van der Waals surface area contributed by atoms with Crippen molar-refractivity contribution in [3.05, 3.63) is 28.8 Å². The van der Waals surface area contributed by atoms with Gasteiger partial charge < -0.3 is 9.64 Å². The summed E-state index contributed by atoms with van der Waals surface area (Å²) in [5.74, 6) is 0.831. The van der Waals surface area contributed by atoms with Crippen LogP contribution in [-0.4, -0.2) is 49.1 Å². The van der Waals surface area contributed by atoms with E-state index in [1.807, 2.05) is 12.1 Å². The lowest BCUT2D eigenvalue weighted by atomic mass is 9.99. The van der Waals surface area contributed by atoms with Gasteiger partial charge in [0.15, 0.2) is 0 Å². The Bertz CT molecular complexity index is 480. The molecule has 3 nitrogen and oxygen atoms in total. The smallest absolute Gasteiger partial charge is 0.120 e. The summed E-state index contributed by atoms with van der Waals surface area (Å²) in [6.45, 7) is 5.95. The van der Waals surface area contributed by atoms with Gasteiger partial charge >= 0.3 is 0 Å². The van der Waals surface area contributed by atoms with Gasteiger partial charge in [0.2, 0.25) is 0 Å². The summed E-state index contributed by atoms with van der Waals surface area (Å²) < 4.78 is 5.22. The number of ether oxygens (including phenoxy) is 1. The maximum absolute atomic E-state index is 6.36. The molecule has 2 saturated heterocycles. The lowest BCUT2D eigenvalue weighted by Gasteiger charge is -2.40. The van der Waals surface area contributed by atoms with Crippen LogP contribution in [0.3, 0.4) is 0 Å². The van der Waals surface area contributed by atoms with Gasteiger partial charge in [0.05, 0.1) is 7.11 Å². The van der Waals surface area contributed by atoms with E-state index in [1.54, 1.807) is 7.11 Å². The van der Waals surface area contributed by atoms with Gasteiger partial charge in [0.25, 0.3) is 0 Å². The first kappa shape index (κ1) is 16.1.